The number of fused-ring (bicyclic) bond motifs is 1. The first kappa shape index (κ1) is 15.1. The summed E-state index contributed by atoms with van der Waals surface area (Å²) in [4.78, 5) is 2.28. The number of rotatable bonds is 2. The third-order valence-corrected chi connectivity index (χ3v) is 4.69. The van der Waals surface area contributed by atoms with Gasteiger partial charge in [-0.25, -0.2) is 0 Å². The lowest BCUT2D eigenvalue weighted by molar-refractivity contribution is 0.223. The Morgan fingerprint density at radius 2 is 1.95 bits per heavy atom. The van der Waals surface area contributed by atoms with Crippen molar-refractivity contribution in [2.75, 3.05) is 20.1 Å². The Morgan fingerprint density at radius 1 is 1.23 bits per heavy atom. The van der Waals surface area contributed by atoms with Crippen molar-refractivity contribution >= 4 is 11.6 Å². The maximum absolute atomic E-state index is 8.95. The first-order chi connectivity index (χ1) is 10.6. The number of nitrogens with two attached hydrogens (primary N) is 1. The number of benzene rings is 2. The van der Waals surface area contributed by atoms with E-state index in [0.29, 0.717) is 12.1 Å². The normalized spacial score (nSPS) is 21.2. The van der Waals surface area contributed by atoms with E-state index in [1.54, 1.807) is 0 Å². The second-order valence-corrected chi connectivity index (χ2v) is 6.19. The van der Waals surface area contributed by atoms with Crippen LogP contribution in [-0.2, 0) is 0 Å². The van der Waals surface area contributed by atoms with Gasteiger partial charge in [0, 0.05) is 30.1 Å². The van der Waals surface area contributed by atoms with E-state index in [1.165, 1.54) is 16.7 Å². The highest BCUT2D eigenvalue weighted by atomic mass is 35.5. The third kappa shape index (κ3) is 2.62. The highest BCUT2D eigenvalue weighted by molar-refractivity contribution is 6.30. The molecule has 112 valence electrons. The molecule has 1 aliphatic heterocycles. The predicted molar refractivity (Wildman–Crippen MR) is 88.9 cm³/mol. The molecular formula is C18H18ClN3. The van der Waals surface area contributed by atoms with Crippen LogP contribution in [0.3, 0.4) is 0 Å². The molecule has 0 aromatic heterocycles. The van der Waals surface area contributed by atoms with Crippen molar-refractivity contribution in [3.8, 4) is 6.07 Å². The lowest BCUT2D eigenvalue weighted by Gasteiger charge is -2.39. The Kier molecular flexibility index (Phi) is 4.17. The minimum Gasteiger partial charge on any atom is -0.329 e. The van der Waals surface area contributed by atoms with Crippen LogP contribution < -0.4 is 5.73 Å². The minimum absolute atomic E-state index is 0.198. The molecule has 0 saturated carbocycles. The van der Waals surface area contributed by atoms with E-state index in [-0.39, 0.29) is 12.0 Å². The molecule has 2 aromatic rings. The zero-order valence-electron chi connectivity index (χ0n) is 12.5. The van der Waals surface area contributed by atoms with Crippen LogP contribution in [0.25, 0.3) is 0 Å². The molecule has 2 atom stereocenters. The van der Waals surface area contributed by atoms with E-state index >= 15 is 0 Å². The van der Waals surface area contributed by atoms with Crippen molar-refractivity contribution in [2.45, 2.75) is 12.0 Å². The van der Waals surface area contributed by atoms with Crippen LogP contribution in [0, 0.1) is 11.3 Å². The van der Waals surface area contributed by atoms with Gasteiger partial charge in [-0.05, 0) is 48.0 Å². The molecule has 3 nitrogen and oxygen atoms in total. The molecule has 0 bridgehead atoms. The third-order valence-electron chi connectivity index (χ3n) is 4.45. The average molecular weight is 312 g/mol. The Morgan fingerprint density at radius 3 is 2.59 bits per heavy atom. The van der Waals surface area contributed by atoms with Gasteiger partial charge < -0.3 is 5.73 Å². The molecule has 4 heteroatoms. The lowest BCUT2D eigenvalue weighted by atomic mass is 9.81. The fourth-order valence-electron chi connectivity index (χ4n) is 3.28. The van der Waals surface area contributed by atoms with Gasteiger partial charge in [-0.2, -0.15) is 5.26 Å². The van der Waals surface area contributed by atoms with Gasteiger partial charge in [0.2, 0.25) is 0 Å². The summed E-state index contributed by atoms with van der Waals surface area (Å²) in [6.45, 7) is 1.48. The summed E-state index contributed by atoms with van der Waals surface area (Å²) in [6, 6.07) is 16.3. The van der Waals surface area contributed by atoms with Gasteiger partial charge in [-0.15, -0.1) is 0 Å². The Balaban J connectivity index is 2.07. The SMILES string of the molecule is CN1CC(c2ccc(C#N)cc2)c2ccc(Cl)cc2C1CN. The Bertz CT molecular complexity index is 718. The summed E-state index contributed by atoms with van der Waals surface area (Å²) in [6.07, 6.45) is 0. The minimum atomic E-state index is 0.198. The van der Waals surface area contributed by atoms with Gasteiger partial charge >= 0.3 is 0 Å². The van der Waals surface area contributed by atoms with Crippen molar-refractivity contribution in [2.24, 2.45) is 5.73 Å². The first-order valence-electron chi connectivity index (χ1n) is 7.33. The number of hydrogen-bond donors (Lipinski definition) is 1. The van der Waals surface area contributed by atoms with E-state index in [2.05, 4.69) is 24.1 Å². The number of likely N-dealkylation sites (N-methyl/N-ethyl adjacent to an activating group) is 1. The molecule has 0 saturated heterocycles. The van der Waals surface area contributed by atoms with E-state index in [1.807, 2.05) is 36.4 Å². The molecule has 0 spiro atoms. The van der Waals surface area contributed by atoms with E-state index in [9.17, 15) is 0 Å². The average Bonchev–Trinajstić information content (AvgIpc) is 2.54. The fraction of sp³-hybridized carbons (Fsp3) is 0.278. The van der Waals surface area contributed by atoms with Gasteiger partial charge in [0.15, 0.2) is 0 Å². The highest BCUT2D eigenvalue weighted by Gasteiger charge is 2.31. The van der Waals surface area contributed by atoms with Crippen molar-refractivity contribution in [1.82, 2.24) is 4.90 Å². The van der Waals surface area contributed by atoms with Gasteiger partial charge in [-0.1, -0.05) is 29.8 Å². The van der Waals surface area contributed by atoms with Gasteiger partial charge in [0.25, 0.3) is 0 Å². The fourth-order valence-corrected chi connectivity index (χ4v) is 3.46. The number of hydrogen-bond acceptors (Lipinski definition) is 3. The van der Waals surface area contributed by atoms with Crippen LogP contribution in [0.4, 0.5) is 0 Å². The maximum atomic E-state index is 8.95. The van der Waals surface area contributed by atoms with E-state index in [4.69, 9.17) is 22.6 Å². The number of halogens is 1. The van der Waals surface area contributed by atoms with Crippen LogP contribution in [0.2, 0.25) is 5.02 Å². The quantitative estimate of drug-likeness (QED) is 0.926. The summed E-state index contributed by atoms with van der Waals surface area (Å²) in [5, 5.41) is 9.69. The summed E-state index contributed by atoms with van der Waals surface area (Å²) in [5.74, 6) is 0.271. The molecule has 0 aliphatic carbocycles. The largest absolute Gasteiger partial charge is 0.329 e. The molecule has 1 heterocycles. The molecular weight excluding hydrogens is 294 g/mol. The van der Waals surface area contributed by atoms with Crippen molar-refractivity contribution < 1.29 is 0 Å². The van der Waals surface area contributed by atoms with E-state index in [0.717, 1.165) is 11.6 Å². The van der Waals surface area contributed by atoms with Crippen LogP contribution in [0.1, 0.15) is 34.2 Å². The molecule has 2 aromatic carbocycles. The molecule has 0 amide bonds. The topological polar surface area (TPSA) is 53.0 Å². The van der Waals surface area contributed by atoms with Gasteiger partial charge in [0.05, 0.1) is 11.6 Å². The lowest BCUT2D eigenvalue weighted by Crippen LogP contribution is -2.39. The van der Waals surface area contributed by atoms with Crippen molar-refractivity contribution in [3.05, 3.63) is 69.7 Å². The van der Waals surface area contributed by atoms with Crippen molar-refractivity contribution in [1.29, 1.82) is 5.26 Å². The number of nitrogens with zero attached hydrogens (tertiary/aromatic N) is 2. The second-order valence-electron chi connectivity index (χ2n) is 5.75. The van der Waals surface area contributed by atoms with Crippen LogP contribution in [-0.4, -0.2) is 25.0 Å². The zero-order valence-corrected chi connectivity index (χ0v) is 13.2. The second kappa shape index (κ2) is 6.10. The Labute approximate surface area is 135 Å². The zero-order chi connectivity index (χ0) is 15.7. The molecule has 0 radical (unpaired) electrons. The smallest absolute Gasteiger partial charge is 0.0991 e. The molecule has 2 unspecified atom stereocenters. The molecule has 2 N–H and O–H groups in total. The Hall–Kier alpha value is -1.86. The maximum Gasteiger partial charge on any atom is 0.0991 e. The monoisotopic (exact) mass is 311 g/mol. The van der Waals surface area contributed by atoms with Crippen LogP contribution in [0.15, 0.2) is 42.5 Å². The molecule has 1 aliphatic rings. The first-order valence-corrected chi connectivity index (χ1v) is 7.71. The molecule has 0 fully saturated rings. The van der Waals surface area contributed by atoms with Crippen molar-refractivity contribution in [3.63, 3.8) is 0 Å². The predicted octanol–water partition coefficient (Wildman–Crippen LogP) is 3.29. The highest BCUT2D eigenvalue weighted by Crippen LogP contribution is 2.39. The van der Waals surface area contributed by atoms with Crippen LogP contribution in [0.5, 0.6) is 0 Å². The molecule has 3 rings (SSSR count). The summed E-state index contributed by atoms with van der Waals surface area (Å²) in [7, 11) is 2.10. The van der Waals surface area contributed by atoms with Crippen LogP contribution >= 0.6 is 11.6 Å². The summed E-state index contributed by atoms with van der Waals surface area (Å²) < 4.78 is 0. The standard InChI is InChI=1S/C18H18ClN3/c1-22-11-17(13-4-2-12(9-20)3-5-13)15-7-6-14(19)8-16(15)18(22)10-21/h2-8,17-18H,10-11,21H2,1H3. The van der Waals surface area contributed by atoms with Gasteiger partial charge in [-0.3, -0.25) is 4.90 Å². The summed E-state index contributed by atoms with van der Waals surface area (Å²) >= 11 is 6.18. The molecule has 22 heavy (non-hydrogen) atoms. The number of nitriles is 1. The summed E-state index contributed by atoms with van der Waals surface area (Å²) in [5.41, 5.74) is 10.3. The van der Waals surface area contributed by atoms with Gasteiger partial charge in [0.1, 0.15) is 0 Å². The van der Waals surface area contributed by atoms with E-state index < -0.39 is 0 Å².